The van der Waals surface area contributed by atoms with Crippen molar-refractivity contribution in [2.45, 2.75) is 19.0 Å². The number of furan rings is 1. The number of aromatic amines is 1. The minimum atomic E-state index is -0.724. The molecule has 0 bridgehead atoms. The number of hydrogen-bond donors (Lipinski definition) is 3. The number of aromatic nitrogens is 2. The number of benzene rings is 1. The SMILES string of the molecule is NC(=O)c1cc(-c2csc(NC(=O)C3Cc4ccccc4CN3C(=O)c3ccco3)n2)c[nH]1. The number of primary amides is 1. The summed E-state index contributed by atoms with van der Waals surface area (Å²) in [4.78, 5) is 46.4. The number of thiazole rings is 1. The van der Waals surface area contributed by atoms with E-state index >= 15 is 0 Å². The molecule has 5 rings (SSSR count). The predicted molar refractivity (Wildman–Crippen MR) is 122 cm³/mol. The van der Waals surface area contributed by atoms with Crippen molar-refractivity contribution >= 4 is 34.2 Å². The summed E-state index contributed by atoms with van der Waals surface area (Å²) in [7, 11) is 0. The number of nitrogens with zero attached hydrogens (tertiary/aromatic N) is 2. The Morgan fingerprint density at radius 2 is 2.00 bits per heavy atom. The fourth-order valence-corrected chi connectivity index (χ4v) is 4.57. The van der Waals surface area contributed by atoms with Gasteiger partial charge in [0.05, 0.1) is 12.0 Å². The van der Waals surface area contributed by atoms with Crippen molar-refractivity contribution in [2.75, 3.05) is 5.32 Å². The molecule has 4 aromatic rings. The average Bonchev–Trinajstić information content (AvgIpc) is 3.59. The summed E-state index contributed by atoms with van der Waals surface area (Å²) in [5.41, 5.74) is 8.85. The van der Waals surface area contributed by atoms with Gasteiger partial charge in [0.2, 0.25) is 5.91 Å². The molecule has 1 aliphatic heterocycles. The fraction of sp³-hybridized carbons (Fsp3) is 0.130. The summed E-state index contributed by atoms with van der Waals surface area (Å²) < 4.78 is 5.28. The first kappa shape index (κ1) is 20.7. The molecule has 4 heterocycles. The summed E-state index contributed by atoms with van der Waals surface area (Å²) in [5.74, 6) is -1.07. The second-order valence-corrected chi connectivity index (χ2v) is 8.45. The number of fused-ring (bicyclic) bond motifs is 1. The van der Waals surface area contributed by atoms with E-state index in [-0.39, 0.29) is 23.3 Å². The van der Waals surface area contributed by atoms with Gasteiger partial charge in [-0.25, -0.2) is 4.98 Å². The van der Waals surface area contributed by atoms with Crippen LogP contribution < -0.4 is 11.1 Å². The first-order valence-electron chi connectivity index (χ1n) is 10.2. The summed E-state index contributed by atoms with van der Waals surface area (Å²) in [6.07, 6.45) is 3.44. The maximum absolute atomic E-state index is 13.3. The Morgan fingerprint density at radius 3 is 2.73 bits per heavy atom. The summed E-state index contributed by atoms with van der Waals surface area (Å²) in [5, 5.41) is 4.99. The minimum Gasteiger partial charge on any atom is -0.459 e. The van der Waals surface area contributed by atoms with Crippen LogP contribution in [0.2, 0.25) is 0 Å². The second-order valence-electron chi connectivity index (χ2n) is 7.59. The van der Waals surface area contributed by atoms with E-state index in [0.29, 0.717) is 29.4 Å². The van der Waals surface area contributed by atoms with Crippen molar-refractivity contribution in [3.63, 3.8) is 0 Å². The Morgan fingerprint density at radius 1 is 1.18 bits per heavy atom. The van der Waals surface area contributed by atoms with Crippen molar-refractivity contribution in [3.8, 4) is 11.3 Å². The molecule has 4 N–H and O–H groups in total. The second kappa shape index (κ2) is 8.40. The molecule has 0 spiro atoms. The highest BCUT2D eigenvalue weighted by molar-refractivity contribution is 7.14. The molecule has 33 heavy (non-hydrogen) atoms. The molecule has 166 valence electrons. The molecule has 0 aliphatic carbocycles. The summed E-state index contributed by atoms with van der Waals surface area (Å²) in [6.45, 7) is 0.302. The van der Waals surface area contributed by atoms with Crippen molar-refractivity contribution < 1.29 is 18.8 Å². The van der Waals surface area contributed by atoms with Gasteiger partial charge in [0.25, 0.3) is 11.8 Å². The zero-order chi connectivity index (χ0) is 22.9. The summed E-state index contributed by atoms with van der Waals surface area (Å²) in [6, 6.07) is 11.9. The lowest BCUT2D eigenvalue weighted by Gasteiger charge is -2.35. The lowest BCUT2D eigenvalue weighted by atomic mass is 9.93. The number of amides is 3. The van der Waals surface area contributed by atoms with Gasteiger partial charge in [0.15, 0.2) is 10.9 Å². The zero-order valence-electron chi connectivity index (χ0n) is 17.3. The number of nitrogens with two attached hydrogens (primary N) is 1. The van der Waals surface area contributed by atoms with E-state index < -0.39 is 11.9 Å². The van der Waals surface area contributed by atoms with Crippen molar-refractivity contribution in [1.82, 2.24) is 14.9 Å². The van der Waals surface area contributed by atoms with E-state index in [1.54, 1.807) is 29.8 Å². The Hall–Kier alpha value is -4.18. The Balaban J connectivity index is 1.38. The number of nitrogens with one attached hydrogen (secondary N) is 2. The van der Waals surface area contributed by atoms with Crippen LogP contribution in [0.25, 0.3) is 11.3 Å². The summed E-state index contributed by atoms with van der Waals surface area (Å²) >= 11 is 1.25. The molecule has 3 aromatic heterocycles. The van der Waals surface area contributed by atoms with Gasteiger partial charge in [-0.15, -0.1) is 11.3 Å². The number of carbonyl (C=O) groups excluding carboxylic acids is 3. The van der Waals surface area contributed by atoms with Crippen LogP contribution in [0.5, 0.6) is 0 Å². The largest absolute Gasteiger partial charge is 0.459 e. The minimum absolute atomic E-state index is 0.182. The molecule has 0 saturated carbocycles. The van der Waals surface area contributed by atoms with Crippen LogP contribution in [0.4, 0.5) is 5.13 Å². The predicted octanol–water partition coefficient (Wildman–Crippen LogP) is 3.04. The average molecular weight is 462 g/mol. The van der Waals surface area contributed by atoms with Crippen molar-refractivity contribution in [1.29, 1.82) is 0 Å². The molecule has 0 radical (unpaired) electrons. The highest BCUT2D eigenvalue weighted by Crippen LogP contribution is 2.28. The van der Waals surface area contributed by atoms with E-state index in [1.807, 2.05) is 24.3 Å². The van der Waals surface area contributed by atoms with Crippen LogP contribution >= 0.6 is 11.3 Å². The molecule has 1 unspecified atom stereocenters. The first-order chi connectivity index (χ1) is 16.0. The van der Waals surface area contributed by atoms with Gasteiger partial charge >= 0.3 is 0 Å². The highest BCUT2D eigenvalue weighted by atomic mass is 32.1. The topological polar surface area (TPSA) is 134 Å². The van der Waals surface area contributed by atoms with Crippen LogP contribution in [0.3, 0.4) is 0 Å². The normalized spacial score (nSPS) is 15.2. The lowest BCUT2D eigenvalue weighted by Crippen LogP contribution is -2.50. The molecule has 10 heteroatoms. The van der Waals surface area contributed by atoms with Crippen LogP contribution in [0.1, 0.15) is 32.2 Å². The molecule has 0 saturated heterocycles. The van der Waals surface area contributed by atoms with E-state index in [4.69, 9.17) is 10.2 Å². The Kier molecular flexibility index (Phi) is 5.27. The number of rotatable bonds is 5. The van der Waals surface area contributed by atoms with E-state index in [0.717, 1.165) is 11.1 Å². The lowest BCUT2D eigenvalue weighted by molar-refractivity contribution is -0.121. The molecule has 1 aliphatic rings. The maximum Gasteiger partial charge on any atom is 0.290 e. The maximum atomic E-state index is 13.3. The number of anilines is 1. The third-order valence-corrected chi connectivity index (χ3v) is 6.28. The Labute approximate surface area is 192 Å². The Bertz CT molecular complexity index is 1340. The first-order valence-corrected chi connectivity index (χ1v) is 11.0. The fourth-order valence-electron chi connectivity index (χ4n) is 3.85. The van der Waals surface area contributed by atoms with Crippen LogP contribution in [-0.2, 0) is 17.8 Å². The molecule has 1 atom stereocenters. The van der Waals surface area contributed by atoms with Gasteiger partial charge in [-0.05, 0) is 29.3 Å². The molecule has 1 aromatic carbocycles. The smallest absolute Gasteiger partial charge is 0.290 e. The van der Waals surface area contributed by atoms with E-state index in [9.17, 15) is 14.4 Å². The van der Waals surface area contributed by atoms with Crippen LogP contribution in [0, 0.1) is 0 Å². The van der Waals surface area contributed by atoms with Gasteiger partial charge < -0.3 is 25.4 Å². The third-order valence-electron chi connectivity index (χ3n) is 5.52. The monoisotopic (exact) mass is 461 g/mol. The van der Waals surface area contributed by atoms with Gasteiger partial charge in [-0.2, -0.15) is 0 Å². The van der Waals surface area contributed by atoms with E-state index in [1.165, 1.54) is 22.5 Å². The van der Waals surface area contributed by atoms with Crippen molar-refractivity contribution in [3.05, 3.63) is 82.9 Å². The molecule has 3 amide bonds. The molecular formula is C23H19N5O4S. The van der Waals surface area contributed by atoms with Gasteiger partial charge in [-0.3, -0.25) is 14.4 Å². The van der Waals surface area contributed by atoms with E-state index in [2.05, 4.69) is 15.3 Å². The molecule has 9 nitrogen and oxygen atoms in total. The zero-order valence-corrected chi connectivity index (χ0v) is 18.1. The quantitative estimate of drug-likeness (QED) is 0.420. The van der Waals surface area contributed by atoms with Crippen LogP contribution in [-0.4, -0.2) is 38.6 Å². The van der Waals surface area contributed by atoms with Gasteiger partial charge in [0, 0.05) is 30.1 Å². The molecular weight excluding hydrogens is 442 g/mol. The molecule has 0 fully saturated rings. The van der Waals surface area contributed by atoms with Gasteiger partial charge in [0.1, 0.15) is 11.7 Å². The standard InChI is InChI=1S/C23H19N5O4S/c24-20(29)16-8-15(10-25-16)17-12-33-23(26-17)27-21(30)18-9-13-4-1-2-5-14(13)11-28(18)22(31)19-6-3-7-32-19/h1-8,10,12,18,25H,9,11H2,(H2,24,29)(H,26,27,30). The van der Waals surface area contributed by atoms with Gasteiger partial charge in [-0.1, -0.05) is 24.3 Å². The third kappa shape index (κ3) is 4.03. The highest BCUT2D eigenvalue weighted by Gasteiger charge is 2.36. The number of hydrogen-bond acceptors (Lipinski definition) is 6. The van der Waals surface area contributed by atoms with Crippen LogP contribution in [0.15, 0.2) is 64.7 Å². The number of H-pyrrole nitrogens is 1. The number of carbonyl (C=O) groups is 3. The van der Waals surface area contributed by atoms with Crippen molar-refractivity contribution in [2.24, 2.45) is 5.73 Å².